The van der Waals surface area contributed by atoms with Crippen molar-refractivity contribution in [2.45, 2.75) is 52.0 Å². The summed E-state index contributed by atoms with van der Waals surface area (Å²) < 4.78 is 0. The van der Waals surface area contributed by atoms with Gasteiger partial charge in [0.25, 0.3) is 0 Å². The summed E-state index contributed by atoms with van der Waals surface area (Å²) in [6, 6.07) is 49.5. The van der Waals surface area contributed by atoms with Crippen LogP contribution in [0.2, 0.25) is 0 Å². The summed E-state index contributed by atoms with van der Waals surface area (Å²) >= 11 is 0. The molecule has 0 aromatic heterocycles. The first kappa shape index (κ1) is 32.0. The lowest BCUT2D eigenvalue weighted by Gasteiger charge is -2.22. The molecule has 6 aromatic carbocycles. The van der Waals surface area contributed by atoms with Crippen molar-refractivity contribution >= 4 is 21.6 Å². The van der Waals surface area contributed by atoms with E-state index in [0.29, 0.717) is 0 Å². The van der Waals surface area contributed by atoms with Crippen molar-refractivity contribution in [2.75, 3.05) is 0 Å². The molecule has 230 valence electrons. The zero-order valence-corrected chi connectivity index (χ0v) is 29.3. The molecule has 2 heteroatoms. The minimum atomic E-state index is 0.287. The molecule has 0 aliphatic carbocycles. The topological polar surface area (TPSA) is 0 Å². The number of benzene rings is 6. The fourth-order valence-electron chi connectivity index (χ4n) is 6.23. The first-order valence-corrected chi connectivity index (χ1v) is 18.4. The summed E-state index contributed by atoms with van der Waals surface area (Å²) in [5.74, 6) is 0. The van der Waals surface area contributed by atoms with Crippen molar-refractivity contribution < 1.29 is 0 Å². The predicted octanol–water partition coefficient (Wildman–Crippen LogP) is 13.8. The molecule has 46 heavy (non-hydrogen) atoms. The molecular weight excluding hydrogens is 593 g/mol. The van der Waals surface area contributed by atoms with E-state index < -0.39 is 0 Å². The Balaban J connectivity index is 1.35. The second-order valence-corrected chi connectivity index (χ2v) is 15.5. The minimum Gasteiger partial charge on any atom is -0.0856 e. The summed E-state index contributed by atoms with van der Waals surface area (Å²) in [5.41, 5.74) is 18.2. The predicted molar refractivity (Wildman–Crippen MR) is 206 cm³/mol. The molecule has 0 aliphatic rings. The van der Waals surface area contributed by atoms with Gasteiger partial charge in [-0.15, -0.1) is 0 Å². The minimum absolute atomic E-state index is 0.287. The lowest BCUT2D eigenvalue weighted by molar-refractivity contribution is 1.10. The van der Waals surface area contributed by atoms with Gasteiger partial charge < -0.3 is 0 Å². The van der Waals surface area contributed by atoms with E-state index in [-0.39, 0.29) is 10.5 Å². The van der Waals surface area contributed by atoms with Crippen molar-refractivity contribution in [3.05, 3.63) is 167 Å². The molecule has 0 unspecified atom stereocenters. The number of hydrogen-bond acceptors (Lipinski definition) is 2. The number of rotatable bonds is 9. The Hall–Kier alpha value is -3.98. The third-order valence-corrected chi connectivity index (χ3v) is 11.9. The van der Waals surface area contributed by atoms with Crippen LogP contribution in [0.4, 0.5) is 0 Å². The van der Waals surface area contributed by atoms with Crippen molar-refractivity contribution in [3.63, 3.8) is 0 Å². The molecule has 0 spiro atoms. The summed E-state index contributed by atoms with van der Waals surface area (Å²) in [5, 5.41) is 0.574. The lowest BCUT2D eigenvalue weighted by atomic mass is 9.92. The van der Waals surface area contributed by atoms with Gasteiger partial charge in [0.2, 0.25) is 0 Å². The summed E-state index contributed by atoms with van der Waals surface area (Å²) in [6.45, 7) is 13.4. The SMILES string of the molecule is Cc1cccc(-c2ccc(-c3cccc(C)c3)c([C@@H](C)SS[C@H](C)c3cc(-c4cccc(C)c4)ccc3-c3cccc(C)c3)c2)c1. The van der Waals surface area contributed by atoms with Gasteiger partial charge in [0, 0.05) is 10.5 Å². The van der Waals surface area contributed by atoms with Crippen LogP contribution in [-0.2, 0) is 0 Å². The van der Waals surface area contributed by atoms with Crippen LogP contribution in [0.5, 0.6) is 0 Å². The van der Waals surface area contributed by atoms with Gasteiger partial charge in [-0.3, -0.25) is 0 Å². The molecule has 0 N–H and O–H groups in total. The summed E-state index contributed by atoms with van der Waals surface area (Å²) in [6.07, 6.45) is 0. The standard InChI is InChI=1S/C44H42S2/c1-29-11-7-15-35(23-29)37-19-21-41(39-17-9-13-31(3)25-39)43(27-37)33(5)45-46-34(6)44-28-38(36-16-8-12-30(2)24-36)20-22-42(44)40-18-10-14-32(4)26-40/h7-28,33-34H,1-6H3/t33-,34-/m1/s1. The lowest BCUT2D eigenvalue weighted by Crippen LogP contribution is -1.97. The van der Waals surface area contributed by atoms with E-state index in [2.05, 4.69) is 175 Å². The van der Waals surface area contributed by atoms with Crippen molar-refractivity contribution in [2.24, 2.45) is 0 Å². The van der Waals surface area contributed by atoms with Gasteiger partial charge in [-0.2, -0.15) is 0 Å². The smallest absolute Gasteiger partial charge is 0.0379 e. The Labute approximate surface area is 283 Å². The number of hydrogen-bond donors (Lipinski definition) is 0. The fraction of sp³-hybridized carbons (Fsp3) is 0.182. The molecule has 2 atom stereocenters. The van der Waals surface area contributed by atoms with Crippen LogP contribution < -0.4 is 0 Å². The molecule has 0 amide bonds. The molecule has 0 fully saturated rings. The van der Waals surface area contributed by atoms with Gasteiger partial charge in [0.1, 0.15) is 0 Å². The third kappa shape index (κ3) is 7.35. The highest BCUT2D eigenvalue weighted by Crippen LogP contribution is 2.50. The van der Waals surface area contributed by atoms with E-state index in [4.69, 9.17) is 0 Å². The molecule has 0 radical (unpaired) electrons. The highest BCUT2D eigenvalue weighted by molar-refractivity contribution is 8.76. The highest BCUT2D eigenvalue weighted by Gasteiger charge is 2.20. The zero-order chi connectivity index (χ0) is 32.2. The largest absolute Gasteiger partial charge is 0.0856 e. The van der Waals surface area contributed by atoms with Crippen molar-refractivity contribution in [3.8, 4) is 44.5 Å². The van der Waals surface area contributed by atoms with Crippen LogP contribution in [0.25, 0.3) is 44.5 Å². The Morgan fingerprint density at radius 1 is 0.348 bits per heavy atom. The Kier molecular flexibility index (Phi) is 9.87. The maximum Gasteiger partial charge on any atom is 0.0379 e. The second kappa shape index (κ2) is 14.2. The maximum absolute atomic E-state index is 2.42. The summed E-state index contributed by atoms with van der Waals surface area (Å²) in [7, 11) is 3.96. The Morgan fingerprint density at radius 2 is 0.652 bits per heavy atom. The maximum atomic E-state index is 2.42. The molecule has 0 heterocycles. The van der Waals surface area contributed by atoms with Gasteiger partial charge in [-0.05, 0) is 109 Å². The van der Waals surface area contributed by atoms with Crippen LogP contribution in [0.1, 0.15) is 57.7 Å². The first-order valence-electron chi connectivity index (χ1n) is 16.1. The van der Waals surface area contributed by atoms with Gasteiger partial charge in [0.15, 0.2) is 0 Å². The Morgan fingerprint density at radius 3 is 1.00 bits per heavy atom. The highest BCUT2D eigenvalue weighted by atomic mass is 33.1. The van der Waals surface area contributed by atoms with Crippen LogP contribution >= 0.6 is 21.6 Å². The molecule has 0 bridgehead atoms. The van der Waals surface area contributed by atoms with E-state index in [9.17, 15) is 0 Å². The van der Waals surface area contributed by atoms with E-state index in [1.165, 1.54) is 77.9 Å². The van der Waals surface area contributed by atoms with Gasteiger partial charge in [-0.1, -0.05) is 165 Å². The Bertz CT molecular complexity index is 1840. The van der Waals surface area contributed by atoms with E-state index >= 15 is 0 Å². The molecule has 0 saturated carbocycles. The van der Waals surface area contributed by atoms with E-state index in [1.807, 2.05) is 21.6 Å². The molecule has 0 nitrogen and oxygen atoms in total. The van der Waals surface area contributed by atoms with Crippen LogP contribution in [-0.4, -0.2) is 0 Å². The van der Waals surface area contributed by atoms with Gasteiger partial charge in [-0.25, -0.2) is 0 Å². The average molecular weight is 635 g/mol. The quantitative estimate of drug-likeness (QED) is 0.145. The fourth-order valence-corrected chi connectivity index (χ4v) is 8.78. The zero-order valence-electron chi connectivity index (χ0n) is 27.7. The molecule has 6 rings (SSSR count). The molecule has 0 aliphatic heterocycles. The molecule has 0 saturated heterocycles. The van der Waals surface area contributed by atoms with Gasteiger partial charge in [0.05, 0.1) is 0 Å². The number of aryl methyl sites for hydroxylation is 4. The van der Waals surface area contributed by atoms with Crippen molar-refractivity contribution in [1.82, 2.24) is 0 Å². The average Bonchev–Trinajstić information content (AvgIpc) is 3.06. The summed E-state index contributed by atoms with van der Waals surface area (Å²) in [4.78, 5) is 0. The van der Waals surface area contributed by atoms with Crippen LogP contribution in [0, 0.1) is 27.7 Å². The monoisotopic (exact) mass is 634 g/mol. The second-order valence-electron chi connectivity index (χ2n) is 12.6. The van der Waals surface area contributed by atoms with Crippen molar-refractivity contribution in [1.29, 1.82) is 0 Å². The van der Waals surface area contributed by atoms with E-state index in [0.717, 1.165) is 0 Å². The first-order chi connectivity index (χ1) is 22.2. The van der Waals surface area contributed by atoms with Crippen LogP contribution in [0.15, 0.2) is 133 Å². The molecular formula is C44H42S2. The normalized spacial score (nSPS) is 12.6. The van der Waals surface area contributed by atoms with E-state index in [1.54, 1.807) is 0 Å². The molecule has 6 aromatic rings. The van der Waals surface area contributed by atoms with Crippen LogP contribution in [0.3, 0.4) is 0 Å². The third-order valence-electron chi connectivity index (χ3n) is 8.68. The van der Waals surface area contributed by atoms with Gasteiger partial charge >= 0.3 is 0 Å².